The number of aryl methyl sites for hydroxylation is 1. The molecule has 0 bridgehead atoms. The van der Waals surface area contributed by atoms with Gasteiger partial charge in [0, 0.05) is 27.7 Å². The molecule has 1 N–H and O–H groups in total. The first kappa shape index (κ1) is 14.7. The fourth-order valence-electron chi connectivity index (χ4n) is 1.88. The number of pyridine rings is 1. The van der Waals surface area contributed by atoms with Gasteiger partial charge in [0.2, 0.25) is 0 Å². The van der Waals surface area contributed by atoms with Crippen LogP contribution in [0.15, 0.2) is 45.5 Å². The maximum absolute atomic E-state index is 4.40. The lowest BCUT2D eigenvalue weighted by Crippen LogP contribution is -2.19. The lowest BCUT2D eigenvalue weighted by atomic mass is 10.1. The molecule has 0 spiro atoms. The van der Waals surface area contributed by atoms with Crippen LogP contribution in [0.25, 0.3) is 0 Å². The van der Waals surface area contributed by atoms with Crippen LogP contribution in [0.4, 0.5) is 0 Å². The van der Waals surface area contributed by atoms with Gasteiger partial charge in [-0.25, -0.2) is 0 Å². The summed E-state index contributed by atoms with van der Waals surface area (Å²) in [6.45, 7) is 5.02. The lowest BCUT2D eigenvalue weighted by Gasteiger charge is -2.15. The van der Waals surface area contributed by atoms with E-state index in [1.165, 1.54) is 11.1 Å². The normalized spacial score (nSPS) is 12.4. The highest BCUT2D eigenvalue weighted by atomic mass is 79.9. The van der Waals surface area contributed by atoms with Crippen molar-refractivity contribution in [2.45, 2.75) is 26.4 Å². The zero-order valence-corrected chi connectivity index (χ0v) is 14.1. The summed E-state index contributed by atoms with van der Waals surface area (Å²) in [5.74, 6) is 0. The predicted molar refractivity (Wildman–Crippen MR) is 86.1 cm³/mol. The Bertz CT molecular complexity index is 570. The highest BCUT2D eigenvalue weighted by Gasteiger charge is 2.07. The standard InChI is InChI=1S/C15H16Br2N2/c1-10-4-3-5-12(6-10)11(2)18-9-15-14(17)7-13(16)8-19-15/h3-8,11,18H,9H2,1-2H3/t11-/m1/s1. The van der Waals surface area contributed by atoms with Crippen molar-refractivity contribution in [2.75, 3.05) is 0 Å². The zero-order valence-electron chi connectivity index (χ0n) is 11.0. The van der Waals surface area contributed by atoms with Gasteiger partial charge < -0.3 is 5.32 Å². The summed E-state index contributed by atoms with van der Waals surface area (Å²) >= 11 is 6.94. The van der Waals surface area contributed by atoms with Crippen molar-refractivity contribution in [3.63, 3.8) is 0 Å². The number of rotatable bonds is 4. The smallest absolute Gasteiger partial charge is 0.0684 e. The Balaban J connectivity index is 2.02. The van der Waals surface area contributed by atoms with Gasteiger partial charge in [0.1, 0.15) is 0 Å². The summed E-state index contributed by atoms with van der Waals surface area (Å²) in [6.07, 6.45) is 1.82. The van der Waals surface area contributed by atoms with E-state index in [4.69, 9.17) is 0 Å². The first-order valence-electron chi connectivity index (χ1n) is 6.16. The molecule has 0 aliphatic heterocycles. The van der Waals surface area contributed by atoms with Crippen molar-refractivity contribution in [2.24, 2.45) is 0 Å². The van der Waals surface area contributed by atoms with Crippen LogP contribution in [-0.2, 0) is 6.54 Å². The van der Waals surface area contributed by atoms with Crippen LogP contribution < -0.4 is 5.32 Å². The Morgan fingerprint density at radius 2 is 2.05 bits per heavy atom. The third kappa shape index (κ3) is 4.13. The van der Waals surface area contributed by atoms with Crippen LogP contribution in [-0.4, -0.2) is 4.98 Å². The van der Waals surface area contributed by atoms with Crippen LogP contribution in [0.5, 0.6) is 0 Å². The number of hydrogen-bond donors (Lipinski definition) is 1. The number of aromatic nitrogens is 1. The monoisotopic (exact) mass is 382 g/mol. The largest absolute Gasteiger partial charge is 0.305 e. The zero-order chi connectivity index (χ0) is 13.8. The van der Waals surface area contributed by atoms with E-state index < -0.39 is 0 Å². The second-order valence-electron chi connectivity index (χ2n) is 4.60. The van der Waals surface area contributed by atoms with Crippen LogP contribution in [0.2, 0.25) is 0 Å². The van der Waals surface area contributed by atoms with Crippen LogP contribution >= 0.6 is 31.9 Å². The third-order valence-electron chi connectivity index (χ3n) is 3.00. The molecule has 100 valence electrons. The molecule has 0 unspecified atom stereocenters. The molecule has 0 amide bonds. The summed E-state index contributed by atoms with van der Waals surface area (Å²) < 4.78 is 2.00. The Morgan fingerprint density at radius 3 is 2.74 bits per heavy atom. The highest BCUT2D eigenvalue weighted by Crippen LogP contribution is 2.20. The molecule has 2 aromatic rings. The Labute approximate surface area is 130 Å². The van der Waals surface area contributed by atoms with Crippen molar-refractivity contribution < 1.29 is 0 Å². The molecule has 4 heteroatoms. The summed E-state index contributed by atoms with van der Waals surface area (Å²) in [5.41, 5.74) is 3.60. The van der Waals surface area contributed by atoms with Gasteiger partial charge >= 0.3 is 0 Å². The van der Waals surface area contributed by atoms with Crippen molar-refractivity contribution in [1.29, 1.82) is 0 Å². The fourth-order valence-corrected chi connectivity index (χ4v) is 3.01. The van der Waals surface area contributed by atoms with Gasteiger partial charge in [0.05, 0.1) is 5.69 Å². The molecule has 2 rings (SSSR count). The van der Waals surface area contributed by atoms with Gasteiger partial charge in [-0.3, -0.25) is 4.98 Å². The minimum absolute atomic E-state index is 0.303. The third-order valence-corrected chi connectivity index (χ3v) is 4.12. The van der Waals surface area contributed by atoms with Crippen LogP contribution in [0.1, 0.15) is 29.8 Å². The second kappa shape index (κ2) is 6.64. The highest BCUT2D eigenvalue weighted by molar-refractivity contribution is 9.11. The van der Waals surface area contributed by atoms with E-state index in [1.807, 2.05) is 12.3 Å². The number of nitrogens with zero attached hydrogens (tertiary/aromatic N) is 1. The summed E-state index contributed by atoms with van der Waals surface area (Å²) in [4.78, 5) is 4.40. The molecule has 2 nitrogen and oxygen atoms in total. The average Bonchev–Trinajstić information content (AvgIpc) is 2.37. The topological polar surface area (TPSA) is 24.9 Å². The number of benzene rings is 1. The van der Waals surface area contributed by atoms with E-state index in [1.54, 1.807) is 0 Å². The molecule has 0 saturated carbocycles. The SMILES string of the molecule is Cc1cccc([C@@H](C)NCc2ncc(Br)cc2Br)c1. The number of halogens is 2. The van der Waals surface area contributed by atoms with Gasteiger partial charge in [0.15, 0.2) is 0 Å². The number of hydrogen-bond acceptors (Lipinski definition) is 2. The van der Waals surface area contributed by atoms with E-state index in [0.29, 0.717) is 6.04 Å². The molecular weight excluding hydrogens is 368 g/mol. The summed E-state index contributed by atoms with van der Waals surface area (Å²) in [6, 6.07) is 10.9. The Morgan fingerprint density at radius 1 is 1.26 bits per heavy atom. The molecule has 19 heavy (non-hydrogen) atoms. The number of nitrogens with one attached hydrogen (secondary N) is 1. The molecule has 1 aromatic heterocycles. The van der Waals surface area contributed by atoms with E-state index >= 15 is 0 Å². The van der Waals surface area contributed by atoms with E-state index in [-0.39, 0.29) is 0 Å². The minimum Gasteiger partial charge on any atom is -0.305 e. The van der Waals surface area contributed by atoms with Gasteiger partial charge in [-0.15, -0.1) is 0 Å². The predicted octanol–water partition coefficient (Wildman–Crippen LogP) is 4.77. The molecule has 1 atom stereocenters. The Hall–Kier alpha value is -0.710. The molecular formula is C15H16Br2N2. The first-order chi connectivity index (χ1) is 9.06. The van der Waals surface area contributed by atoms with Crippen molar-refractivity contribution in [3.8, 4) is 0 Å². The van der Waals surface area contributed by atoms with Crippen molar-refractivity contribution >= 4 is 31.9 Å². The van der Waals surface area contributed by atoms with Gasteiger partial charge in [-0.2, -0.15) is 0 Å². The van der Waals surface area contributed by atoms with Crippen LogP contribution in [0.3, 0.4) is 0 Å². The molecule has 0 saturated heterocycles. The quantitative estimate of drug-likeness (QED) is 0.822. The summed E-state index contributed by atoms with van der Waals surface area (Å²) in [5, 5.41) is 3.49. The van der Waals surface area contributed by atoms with E-state index in [2.05, 4.69) is 80.3 Å². The summed E-state index contributed by atoms with van der Waals surface area (Å²) in [7, 11) is 0. The molecule has 0 aliphatic carbocycles. The van der Waals surface area contributed by atoms with Gasteiger partial charge in [0.25, 0.3) is 0 Å². The maximum Gasteiger partial charge on any atom is 0.0684 e. The van der Waals surface area contributed by atoms with Gasteiger partial charge in [-0.05, 0) is 57.3 Å². The van der Waals surface area contributed by atoms with E-state index in [9.17, 15) is 0 Å². The van der Waals surface area contributed by atoms with Gasteiger partial charge in [-0.1, -0.05) is 29.8 Å². The van der Waals surface area contributed by atoms with Crippen LogP contribution in [0, 0.1) is 6.92 Å². The lowest BCUT2D eigenvalue weighted by molar-refractivity contribution is 0.566. The van der Waals surface area contributed by atoms with Crippen molar-refractivity contribution in [3.05, 3.63) is 62.3 Å². The average molecular weight is 384 g/mol. The Kier molecular flexibility index (Phi) is 5.13. The molecule has 1 heterocycles. The van der Waals surface area contributed by atoms with E-state index in [0.717, 1.165) is 21.2 Å². The molecule has 1 aromatic carbocycles. The fraction of sp³-hybridized carbons (Fsp3) is 0.267. The second-order valence-corrected chi connectivity index (χ2v) is 6.37. The van der Waals surface area contributed by atoms with Crippen molar-refractivity contribution in [1.82, 2.24) is 10.3 Å². The molecule has 0 fully saturated rings. The maximum atomic E-state index is 4.40. The minimum atomic E-state index is 0.303. The molecule has 0 aliphatic rings. The first-order valence-corrected chi connectivity index (χ1v) is 7.74. The molecule has 0 radical (unpaired) electrons.